The summed E-state index contributed by atoms with van der Waals surface area (Å²) < 4.78 is 45.2. The standard InChI is InChI=1S/C41H41NO12/c1-47-26-8-6-7-21(9-26)10-27(22-11-24(17-43)38(50-4)33(13-22)48-2)40(45)42-37-29-16-32-31(53-20-54-32)15-28(29)35(36-30(37)19-52-41(36)46)23-12-25(18-44)39(51-5)34(14-23)49-3/h6-16,30,35-37,43-44H,17-20H2,1-5H3,(H,42,45)/t30-,35+,36-,37+/m0/s1. The minimum atomic E-state index is -0.735. The minimum Gasteiger partial charge on any atom is -0.497 e. The molecule has 0 bridgehead atoms. The Kier molecular flexibility index (Phi) is 10.3. The van der Waals surface area contributed by atoms with Crippen molar-refractivity contribution in [2.75, 3.05) is 48.9 Å². The summed E-state index contributed by atoms with van der Waals surface area (Å²) in [6.07, 6.45) is 1.72. The summed E-state index contributed by atoms with van der Waals surface area (Å²) >= 11 is 0. The Bertz CT molecular complexity index is 2080. The van der Waals surface area contributed by atoms with Crippen molar-refractivity contribution in [2.45, 2.75) is 25.2 Å². The molecule has 4 aromatic rings. The first kappa shape index (κ1) is 36.4. The van der Waals surface area contributed by atoms with Gasteiger partial charge in [-0.2, -0.15) is 0 Å². The zero-order valence-electron chi connectivity index (χ0n) is 30.5. The van der Waals surface area contributed by atoms with E-state index in [9.17, 15) is 19.8 Å². The normalized spacial score (nSPS) is 19.7. The molecule has 4 aromatic carbocycles. The molecule has 3 aliphatic rings. The maximum Gasteiger partial charge on any atom is 0.310 e. The lowest BCUT2D eigenvalue weighted by Gasteiger charge is -2.39. The van der Waals surface area contributed by atoms with Crippen molar-refractivity contribution >= 4 is 23.5 Å². The number of esters is 1. The van der Waals surface area contributed by atoms with Gasteiger partial charge in [0.1, 0.15) is 5.75 Å². The van der Waals surface area contributed by atoms with E-state index < -0.39 is 35.7 Å². The van der Waals surface area contributed by atoms with Crippen LogP contribution in [0.5, 0.6) is 40.2 Å². The van der Waals surface area contributed by atoms with E-state index in [0.717, 1.165) is 0 Å². The van der Waals surface area contributed by atoms with E-state index >= 15 is 0 Å². The summed E-state index contributed by atoms with van der Waals surface area (Å²) in [7, 11) is 7.52. The Morgan fingerprint density at radius 3 is 2.11 bits per heavy atom. The van der Waals surface area contributed by atoms with E-state index in [0.29, 0.717) is 79.2 Å². The number of fused-ring (bicyclic) bond motifs is 3. The lowest BCUT2D eigenvalue weighted by atomic mass is 9.65. The SMILES string of the molecule is COc1cccc(C=C(C(=O)N[C@@H]2c3cc4c(cc3[C@@H](c3cc(CO)c(OC)c(OC)c3)[C@H]3C(=O)OC[C@@H]32)OCO4)c2cc(CO)c(OC)c(OC)c2)c1. The fourth-order valence-corrected chi connectivity index (χ4v) is 7.82. The highest BCUT2D eigenvalue weighted by Gasteiger charge is 2.53. The Balaban J connectivity index is 1.39. The number of carbonyl (C=O) groups excluding carboxylic acids is 2. The molecule has 1 amide bonds. The molecule has 1 aliphatic carbocycles. The molecule has 3 N–H and O–H groups in total. The van der Waals surface area contributed by atoms with Crippen molar-refractivity contribution in [1.29, 1.82) is 0 Å². The molecule has 0 radical (unpaired) electrons. The number of rotatable bonds is 12. The first-order chi connectivity index (χ1) is 26.3. The lowest BCUT2D eigenvalue weighted by Crippen LogP contribution is -2.43. The van der Waals surface area contributed by atoms with Gasteiger partial charge in [0.25, 0.3) is 5.91 Å². The molecule has 4 atom stereocenters. The third-order valence-corrected chi connectivity index (χ3v) is 10.3. The van der Waals surface area contributed by atoms with Crippen molar-refractivity contribution in [3.8, 4) is 40.2 Å². The van der Waals surface area contributed by atoms with Gasteiger partial charge in [0.05, 0.1) is 67.3 Å². The summed E-state index contributed by atoms with van der Waals surface area (Å²) in [5.74, 6) is 0.334. The summed E-state index contributed by atoms with van der Waals surface area (Å²) in [5, 5.41) is 23.9. The third kappa shape index (κ3) is 6.39. The number of aliphatic hydroxyl groups excluding tert-OH is 2. The van der Waals surface area contributed by atoms with Crippen LogP contribution >= 0.6 is 0 Å². The average Bonchev–Trinajstić information content (AvgIpc) is 3.83. The second kappa shape index (κ2) is 15.2. The van der Waals surface area contributed by atoms with Crippen LogP contribution in [0.15, 0.2) is 60.7 Å². The average molecular weight is 740 g/mol. The first-order valence-electron chi connectivity index (χ1n) is 17.3. The molecule has 13 nitrogen and oxygen atoms in total. The van der Waals surface area contributed by atoms with Gasteiger partial charge in [0.15, 0.2) is 34.5 Å². The molecule has 0 spiro atoms. The van der Waals surface area contributed by atoms with Gasteiger partial charge < -0.3 is 53.4 Å². The first-order valence-corrected chi connectivity index (χ1v) is 17.3. The number of benzene rings is 4. The van der Waals surface area contributed by atoms with Gasteiger partial charge in [0, 0.05) is 28.5 Å². The number of aliphatic hydroxyl groups is 2. The van der Waals surface area contributed by atoms with Crippen LogP contribution < -0.4 is 38.5 Å². The van der Waals surface area contributed by atoms with Crippen molar-refractivity contribution in [1.82, 2.24) is 5.32 Å². The Hall–Kier alpha value is -5.92. The maximum atomic E-state index is 14.8. The molecule has 1 fully saturated rings. The van der Waals surface area contributed by atoms with Crippen molar-refractivity contribution < 1.29 is 57.7 Å². The fourth-order valence-electron chi connectivity index (χ4n) is 7.82. The largest absolute Gasteiger partial charge is 0.497 e. The van der Waals surface area contributed by atoms with Gasteiger partial charge >= 0.3 is 5.97 Å². The fraction of sp³-hybridized carbons (Fsp3) is 0.317. The van der Waals surface area contributed by atoms with Crippen LogP contribution in [0.3, 0.4) is 0 Å². The van der Waals surface area contributed by atoms with Gasteiger partial charge in [-0.15, -0.1) is 0 Å². The van der Waals surface area contributed by atoms with Gasteiger partial charge in [-0.1, -0.05) is 12.1 Å². The van der Waals surface area contributed by atoms with E-state index in [1.165, 1.54) is 28.4 Å². The predicted octanol–water partition coefficient (Wildman–Crippen LogP) is 4.78. The van der Waals surface area contributed by atoms with Crippen molar-refractivity contribution in [3.05, 3.63) is 99.6 Å². The summed E-state index contributed by atoms with van der Waals surface area (Å²) in [5.41, 5.74) is 4.40. The van der Waals surface area contributed by atoms with Crippen LogP contribution in [-0.2, 0) is 27.5 Å². The van der Waals surface area contributed by atoms with Crippen LogP contribution in [0.1, 0.15) is 50.9 Å². The molecular weight excluding hydrogens is 698 g/mol. The lowest BCUT2D eigenvalue weighted by molar-refractivity contribution is -0.141. The van der Waals surface area contributed by atoms with Gasteiger partial charge in [-0.3, -0.25) is 9.59 Å². The second-order valence-electron chi connectivity index (χ2n) is 13.0. The highest BCUT2D eigenvalue weighted by molar-refractivity contribution is 6.24. The van der Waals surface area contributed by atoms with E-state index in [2.05, 4.69) is 5.32 Å². The zero-order chi connectivity index (χ0) is 38.1. The van der Waals surface area contributed by atoms with Crippen LogP contribution in [0.25, 0.3) is 11.6 Å². The summed E-state index contributed by atoms with van der Waals surface area (Å²) in [6.45, 7) is -0.649. The van der Waals surface area contributed by atoms with Crippen LogP contribution in [0.4, 0.5) is 0 Å². The monoisotopic (exact) mass is 739 g/mol. The number of methoxy groups -OCH3 is 5. The second-order valence-corrected chi connectivity index (χ2v) is 13.0. The van der Waals surface area contributed by atoms with Crippen molar-refractivity contribution in [3.63, 3.8) is 0 Å². The number of hydrogen-bond acceptors (Lipinski definition) is 12. The number of nitrogens with one attached hydrogen (secondary N) is 1. The quantitative estimate of drug-likeness (QED) is 0.104. The molecule has 282 valence electrons. The van der Waals surface area contributed by atoms with Crippen LogP contribution in [0.2, 0.25) is 0 Å². The molecular formula is C41H41NO12. The highest BCUT2D eigenvalue weighted by Crippen LogP contribution is 2.55. The van der Waals surface area contributed by atoms with Crippen LogP contribution in [-0.4, -0.2) is 71.0 Å². The number of amides is 1. The van der Waals surface area contributed by atoms with E-state index in [-0.39, 0.29) is 32.2 Å². The number of ether oxygens (including phenoxy) is 8. The Morgan fingerprint density at radius 1 is 0.796 bits per heavy atom. The maximum absolute atomic E-state index is 14.8. The smallest absolute Gasteiger partial charge is 0.310 e. The highest BCUT2D eigenvalue weighted by atomic mass is 16.7. The molecule has 1 saturated heterocycles. The van der Waals surface area contributed by atoms with E-state index in [1.54, 1.807) is 49.6 Å². The summed E-state index contributed by atoms with van der Waals surface area (Å²) in [6, 6.07) is 17.2. The third-order valence-electron chi connectivity index (χ3n) is 10.3. The molecule has 2 aliphatic heterocycles. The molecule has 0 aromatic heterocycles. The Morgan fingerprint density at radius 2 is 1.46 bits per heavy atom. The molecule has 7 rings (SSSR count). The Labute approximate surface area is 311 Å². The number of cyclic esters (lactones) is 1. The minimum absolute atomic E-state index is 0.0136. The van der Waals surface area contributed by atoms with E-state index in [4.69, 9.17) is 37.9 Å². The number of carbonyl (C=O) groups is 2. The van der Waals surface area contributed by atoms with Gasteiger partial charge in [-0.05, 0) is 82.4 Å². The van der Waals surface area contributed by atoms with E-state index in [1.807, 2.05) is 24.3 Å². The topological polar surface area (TPSA) is 160 Å². The number of hydrogen-bond donors (Lipinski definition) is 3. The zero-order valence-corrected chi connectivity index (χ0v) is 30.5. The van der Waals surface area contributed by atoms with Gasteiger partial charge in [-0.25, -0.2) is 0 Å². The van der Waals surface area contributed by atoms with Crippen LogP contribution in [0, 0.1) is 11.8 Å². The molecule has 54 heavy (non-hydrogen) atoms. The summed E-state index contributed by atoms with van der Waals surface area (Å²) in [4.78, 5) is 28.6. The van der Waals surface area contributed by atoms with Gasteiger partial charge in [0.2, 0.25) is 6.79 Å². The molecule has 2 heterocycles. The van der Waals surface area contributed by atoms with Crippen molar-refractivity contribution in [2.24, 2.45) is 11.8 Å². The molecule has 13 heteroatoms. The predicted molar refractivity (Wildman–Crippen MR) is 195 cm³/mol. The molecule has 0 unspecified atom stereocenters. The molecule has 0 saturated carbocycles.